The molecule has 0 fully saturated rings. The number of hydrogen-bond acceptors (Lipinski definition) is 4. The summed E-state index contributed by atoms with van der Waals surface area (Å²) in [4.78, 5) is 25.1. The average Bonchev–Trinajstić information content (AvgIpc) is 2.78. The third-order valence-corrected chi connectivity index (χ3v) is 5.16. The molecule has 3 aromatic rings. The highest BCUT2D eigenvalue weighted by Gasteiger charge is 2.24. The second kappa shape index (κ2) is 10.5. The van der Waals surface area contributed by atoms with Crippen molar-refractivity contribution in [2.45, 2.75) is 32.3 Å². The molecule has 5 heteroatoms. The normalized spacial score (nSPS) is 11.6. The molecule has 0 N–H and O–H groups in total. The standard InChI is InChI=1S/C26H25FO4/c1-18-7-3-4-12-23(18)24(13-14-25(28)30-2)26(29)20-9-6-11-22(16-20)31-17-19-8-5-10-21(27)15-19/h3-12,15-16,24H,13-14,17H2,1-2H3. The number of benzene rings is 3. The van der Waals surface area contributed by atoms with Crippen LogP contribution >= 0.6 is 0 Å². The van der Waals surface area contributed by atoms with Crippen molar-refractivity contribution in [3.63, 3.8) is 0 Å². The maximum absolute atomic E-state index is 13.4. The summed E-state index contributed by atoms with van der Waals surface area (Å²) in [5, 5.41) is 0. The van der Waals surface area contributed by atoms with Crippen molar-refractivity contribution in [2.75, 3.05) is 7.11 Å². The lowest BCUT2D eigenvalue weighted by molar-refractivity contribution is -0.140. The molecule has 160 valence electrons. The van der Waals surface area contributed by atoms with Crippen molar-refractivity contribution in [3.8, 4) is 5.75 Å². The zero-order valence-corrected chi connectivity index (χ0v) is 17.6. The maximum atomic E-state index is 13.4. The average molecular weight is 420 g/mol. The van der Waals surface area contributed by atoms with Crippen LogP contribution in [-0.2, 0) is 16.1 Å². The van der Waals surface area contributed by atoms with E-state index in [4.69, 9.17) is 9.47 Å². The lowest BCUT2D eigenvalue weighted by atomic mass is 9.85. The first-order valence-corrected chi connectivity index (χ1v) is 10.1. The summed E-state index contributed by atoms with van der Waals surface area (Å²) in [6.07, 6.45) is 0.502. The molecule has 0 amide bonds. The third kappa shape index (κ3) is 6.01. The van der Waals surface area contributed by atoms with E-state index >= 15 is 0 Å². The van der Waals surface area contributed by atoms with Gasteiger partial charge in [-0.1, -0.05) is 48.5 Å². The summed E-state index contributed by atoms with van der Waals surface area (Å²) in [5.74, 6) is -0.713. The fourth-order valence-corrected chi connectivity index (χ4v) is 3.50. The van der Waals surface area contributed by atoms with Crippen LogP contribution in [0.25, 0.3) is 0 Å². The maximum Gasteiger partial charge on any atom is 0.305 e. The summed E-state index contributed by atoms with van der Waals surface area (Å²) < 4.78 is 23.9. The zero-order chi connectivity index (χ0) is 22.2. The Labute approximate surface area is 181 Å². The summed E-state index contributed by atoms with van der Waals surface area (Å²) >= 11 is 0. The van der Waals surface area contributed by atoms with Crippen LogP contribution in [0.15, 0.2) is 72.8 Å². The van der Waals surface area contributed by atoms with E-state index in [9.17, 15) is 14.0 Å². The van der Waals surface area contributed by atoms with Gasteiger partial charge in [-0.15, -0.1) is 0 Å². The number of ether oxygens (including phenoxy) is 2. The van der Waals surface area contributed by atoms with Gasteiger partial charge < -0.3 is 9.47 Å². The van der Waals surface area contributed by atoms with Gasteiger partial charge in [0.1, 0.15) is 18.2 Å². The molecule has 1 unspecified atom stereocenters. The van der Waals surface area contributed by atoms with Crippen molar-refractivity contribution in [3.05, 3.63) is 101 Å². The van der Waals surface area contributed by atoms with E-state index in [1.165, 1.54) is 19.2 Å². The monoisotopic (exact) mass is 420 g/mol. The predicted octanol–water partition coefficient (Wildman–Crippen LogP) is 5.63. The van der Waals surface area contributed by atoms with Crippen LogP contribution in [0.2, 0.25) is 0 Å². The fourth-order valence-electron chi connectivity index (χ4n) is 3.50. The number of methoxy groups -OCH3 is 1. The van der Waals surface area contributed by atoms with Gasteiger partial charge in [0.2, 0.25) is 0 Å². The van der Waals surface area contributed by atoms with Crippen LogP contribution < -0.4 is 4.74 Å². The Kier molecular flexibility index (Phi) is 7.55. The molecule has 0 aliphatic heterocycles. The number of carbonyl (C=O) groups is 2. The Morgan fingerprint density at radius 3 is 2.48 bits per heavy atom. The van der Waals surface area contributed by atoms with Crippen molar-refractivity contribution in [1.82, 2.24) is 0 Å². The first-order chi connectivity index (χ1) is 15.0. The Bertz CT molecular complexity index is 1060. The Balaban J connectivity index is 1.81. The SMILES string of the molecule is COC(=O)CCC(C(=O)c1cccc(OCc2cccc(F)c2)c1)c1ccccc1C. The number of esters is 1. The second-order valence-corrected chi connectivity index (χ2v) is 7.33. The Morgan fingerprint density at radius 1 is 0.968 bits per heavy atom. The van der Waals surface area contributed by atoms with Gasteiger partial charge in [0.05, 0.1) is 7.11 Å². The van der Waals surface area contributed by atoms with E-state index in [0.717, 1.165) is 11.1 Å². The van der Waals surface area contributed by atoms with Crippen molar-refractivity contribution in [1.29, 1.82) is 0 Å². The highest BCUT2D eigenvalue weighted by atomic mass is 19.1. The number of hydrogen-bond donors (Lipinski definition) is 0. The lowest BCUT2D eigenvalue weighted by Crippen LogP contribution is -2.16. The zero-order valence-electron chi connectivity index (χ0n) is 17.6. The van der Waals surface area contributed by atoms with Gasteiger partial charge in [0, 0.05) is 17.9 Å². The molecule has 0 aliphatic rings. The van der Waals surface area contributed by atoms with Crippen LogP contribution in [0.1, 0.15) is 45.8 Å². The molecule has 0 bridgehead atoms. The topological polar surface area (TPSA) is 52.6 Å². The quantitative estimate of drug-likeness (QED) is 0.332. The van der Waals surface area contributed by atoms with Crippen LogP contribution in [0.5, 0.6) is 5.75 Å². The van der Waals surface area contributed by atoms with Gasteiger partial charge in [0.15, 0.2) is 5.78 Å². The Hall–Kier alpha value is -3.47. The van der Waals surface area contributed by atoms with Crippen molar-refractivity contribution < 1.29 is 23.5 Å². The molecule has 0 radical (unpaired) electrons. The van der Waals surface area contributed by atoms with Crippen LogP contribution in [0.4, 0.5) is 4.39 Å². The van der Waals surface area contributed by atoms with E-state index in [2.05, 4.69) is 0 Å². The molecule has 0 saturated heterocycles. The van der Waals surface area contributed by atoms with E-state index in [-0.39, 0.29) is 30.6 Å². The van der Waals surface area contributed by atoms with E-state index in [1.807, 2.05) is 31.2 Å². The van der Waals surface area contributed by atoms with E-state index in [0.29, 0.717) is 23.3 Å². The number of carbonyl (C=O) groups excluding carboxylic acids is 2. The first kappa shape index (κ1) is 22.2. The highest BCUT2D eigenvalue weighted by molar-refractivity contribution is 6.01. The molecule has 0 heterocycles. The lowest BCUT2D eigenvalue weighted by Gasteiger charge is -2.18. The van der Waals surface area contributed by atoms with Gasteiger partial charge >= 0.3 is 5.97 Å². The molecule has 3 rings (SSSR count). The molecule has 0 aliphatic carbocycles. The van der Waals surface area contributed by atoms with Crippen LogP contribution in [0.3, 0.4) is 0 Å². The molecule has 0 saturated carbocycles. The molecule has 4 nitrogen and oxygen atoms in total. The van der Waals surface area contributed by atoms with Gasteiger partial charge in [-0.05, 0) is 54.3 Å². The minimum absolute atomic E-state index is 0.0885. The summed E-state index contributed by atoms with van der Waals surface area (Å²) in [6, 6.07) is 20.8. The minimum atomic E-state index is -0.473. The summed E-state index contributed by atoms with van der Waals surface area (Å²) in [6.45, 7) is 2.14. The largest absolute Gasteiger partial charge is 0.489 e. The number of Topliss-reactive ketones (excluding diaryl/α,β-unsaturated/α-hetero) is 1. The predicted molar refractivity (Wildman–Crippen MR) is 117 cm³/mol. The van der Waals surface area contributed by atoms with Gasteiger partial charge in [-0.25, -0.2) is 4.39 Å². The smallest absolute Gasteiger partial charge is 0.305 e. The molecule has 0 aromatic heterocycles. The number of rotatable bonds is 9. The molecule has 1 atom stereocenters. The highest BCUT2D eigenvalue weighted by Crippen LogP contribution is 2.29. The molecular weight excluding hydrogens is 395 g/mol. The van der Waals surface area contributed by atoms with Crippen LogP contribution in [0, 0.1) is 12.7 Å². The number of ketones is 1. The second-order valence-electron chi connectivity index (χ2n) is 7.33. The minimum Gasteiger partial charge on any atom is -0.489 e. The van der Waals surface area contributed by atoms with Crippen molar-refractivity contribution >= 4 is 11.8 Å². The van der Waals surface area contributed by atoms with Gasteiger partial charge in [-0.3, -0.25) is 9.59 Å². The fraction of sp³-hybridized carbons (Fsp3) is 0.231. The molecule has 0 spiro atoms. The van der Waals surface area contributed by atoms with E-state index < -0.39 is 5.92 Å². The molecule has 3 aromatic carbocycles. The summed E-state index contributed by atoms with van der Waals surface area (Å²) in [5.41, 5.74) is 3.08. The molecular formula is C26H25FO4. The number of aryl methyl sites for hydroxylation is 1. The van der Waals surface area contributed by atoms with Gasteiger partial charge in [0.25, 0.3) is 0 Å². The van der Waals surface area contributed by atoms with Crippen molar-refractivity contribution in [2.24, 2.45) is 0 Å². The van der Waals surface area contributed by atoms with Crippen LogP contribution in [-0.4, -0.2) is 18.9 Å². The number of halogens is 1. The third-order valence-electron chi connectivity index (χ3n) is 5.16. The molecule has 31 heavy (non-hydrogen) atoms. The van der Waals surface area contributed by atoms with E-state index in [1.54, 1.807) is 36.4 Å². The summed E-state index contributed by atoms with van der Waals surface area (Å²) in [7, 11) is 1.34. The van der Waals surface area contributed by atoms with Gasteiger partial charge in [-0.2, -0.15) is 0 Å². The first-order valence-electron chi connectivity index (χ1n) is 10.1. The Morgan fingerprint density at radius 2 is 1.74 bits per heavy atom.